The third-order valence-corrected chi connectivity index (χ3v) is 12.2. The molecule has 0 unspecified atom stereocenters. The van der Waals surface area contributed by atoms with Gasteiger partial charge in [-0.3, -0.25) is 9.63 Å². The molecule has 0 N–H and O–H groups in total. The van der Waals surface area contributed by atoms with Gasteiger partial charge >= 0.3 is 5.97 Å². The van der Waals surface area contributed by atoms with E-state index in [0.717, 1.165) is 44.9 Å². The van der Waals surface area contributed by atoms with Crippen LogP contribution in [-0.4, -0.2) is 42.3 Å². The Bertz CT molecular complexity index is 1240. The zero-order chi connectivity index (χ0) is 27.9. The van der Waals surface area contributed by atoms with Gasteiger partial charge in [-0.25, -0.2) is 4.84 Å². The fourth-order valence-electron chi connectivity index (χ4n) is 10.5. The van der Waals surface area contributed by atoms with Crippen LogP contribution in [0.2, 0.25) is 0 Å². The topological polar surface area (TPSA) is 81.0 Å². The zero-order valence-electron chi connectivity index (χ0n) is 24.2. The summed E-state index contributed by atoms with van der Waals surface area (Å²) in [7, 11) is 1.81. The Hall–Kier alpha value is -2.24. The third-order valence-electron chi connectivity index (χ3n) is 12.2. The lowest BCUT2D eigenvalue weighted by Gasteiger charge is -2.60. The number of nitriles is 1. The molecule has 2 aliphatic heterocycles. The van der Waals surface area contributed by atoms with Crippen LogP contribution in [0.5, 0.6) is 0 Å². The Labute approximate surface area is 237 Å². The zero-order valence-corrected chi connectivity index (χ0v) is 24.2. The number of methoxy groups -OCH3 is 1. The molecule has 214 valence electrons. The summed E-state index contributed by atoms with van der Waals surface area (Å²) >= 11 is 0. The smallest absolute Gasteiger partial charge is 0.302 e. The molecule has 40 heavy (non-hydrogen) atoms. The highest BCUT2D eigenvalue weighted by atomic mass is 17.0. The summed E-state index contributed by atoms with van der Waals surface area (Å²) in [6.45, 7) is 6.40. The van der Waals surface area contributed by atoms with Crippen LogP contribution in [0.3, 0.4) is 0 Å². The maximum absolute atomic E-state index is 11.7. The van der Waals surface area contributed by atoms with Gasteiger partial charge in [0.25, 0.3) is 0 Å². The molecule has 5 fully saturated rings. The standard InChI is InChI=1S/C33H42N2O5/c1-20(36)38-23-12-14-31(2)22(16-23)10-11-25-26(31)13-15-32(3)27(25)18-28-30(21-8-6-5-7-9-21)29-17-24(19-34)39-35(29)40-33(28,32)37-4/h5-10,23-30H,11-18H2,1-4H3/t23-,24+,25+,26-,27-,28-,29+,30-,31-,32-,33+/m0/s1. The first-order valence-corrected chi connectivity index (χ1v) is 15.3. The highest BCUT2D eigenvalue weighted by Gasteiger charge is 2.74. The molecule has 2 heterocycles. The predicted octanol–water partition coefficient (Wildman–Crippen LogP) is 6.08. The lowest BCUT2D eigenvalue weighted by molar-refractivity contribution is -0.499. The number of benzene rings is 1. The summed E-state index contributed by atoms with van der Waals surface area (Å²) in [5.74, 6) is 0.933. The number of fused-ring (bicyclic) bond motifs is 8. The van der Waals surface area contributed by atoms with E-state index < -0.39 is 11.9 Å². The summed E-state index contributed by atoms with van der Waals surface area (Å²) in [5.41, 5.74) is 2.74. The molecule has 0 radical (unpaired) electrons. The van der Waals surface area contributed by atoms with Crippen molar-refractivity contribution in [3.05, 3.63) is 47.5 Å². The van der Waals surface area contributed by atoms with E-state index in [1.807, 2.05) is 7.11 Å². The van der Waals surface area contributed by atoms with Gasteiger partial charge in [0.1, 0.15) is 6.10 Å². The van der Waals surface area contributed by atoms with Crippen LogP contribution in [0.4, 0.5) is 0 Å². The lowest BCUT2D eigenvalue weighted by atomic mass is 9.47. The molecule has 6 aliphatic rings. The van der Waals surface area contributed by atoms with Crippen molar-refractivity contribution in [1.82, 2.24) is 5.23 Å². The summed E-state index contributed by atoms with van der Waals surface area (Å²) < 4.78 is 12.2. The second-order valence-corrected chi connectivity index (χ2v) is 13.7. The minimum absolute atomic E-state index is 0.0130. The molecule has 0 bridgehead atoms. The van der Waals surface area contributed by atoms with Gasteiger partial charge in [-0.1, -0.05) is 61.1 Å². The molecule has 2 saturated heterocycles. The van der Waals surface area contributed by atoms with Crippen LogP contribution in [0, 0.1) is 45.8 Å². The van der Waals surface area contributed by atoms with Crippen LogP contribution >= 0.6 is 0 Å². The van der Waals surface area contributed by atoms with Crippen molar-refractivity contribution in [1.29, 1.82) is 5.26 Å². The minimum Gasteiger partial charge on any atom is -0.462 e. The van der Waals surface area contributed by atoms with Crippen LogP contribution in [0.25, 0.3) is 0 Å². The summed E-state index contributed by atoms with van der Waals surface area (Å²) in [6, 6.07) is 13.0. The van der Waals surface area contributed by atoms with E-state index >= 15 is 0 Å². The molecule has 3 saturated carbocycles. The Kier molecular flexibility index (Phi) is 6.25. The number of esters is 1. The van der Waals surface area contributed by atoms with Crippen LogP contribution < -0.4 is 0 Å². The number of ether oxygens (including phenoxy) is 2. The highest BCUT2D eigenvalue weighted by Crippen LogP contribution is 2.72. The molecule has 7 rings (SSSR count). The summed E-state index contributed by atoms with van der Waals surface area (Å²) in [5, 5.41) is 11.4. The molecule has 1 aromatic carbocycles. The van der Waals surface area contributed by atoms with Gasteiger partial charge in [0.15, 0.2) is 11.9 Å². The Morgan fingerprint density at radius 1 is 1.10 bits per heavy atom. The fraction of sp³-hybridized carbons (Fsp3) is 0.697. The Morgan fingerprint density at radius 3 is 2.62 bits per heavy atom. The second kappa shape index (κ2) is 9.39. The second-order valence-electron chi connectivity index (χ2n) is 13.7. The number of hydrogen-bond acceptors (Lipinski definition) is 7. The number of carbonyl (C=O) groups excluding carboxylic acids is 1. The first-order chi connectivity index (χ1) is 19.2. The van der Waals surface area contributed by atoms with Gasteiger partial charge in [0, 0.05) is 44.1 Å². The normalized spacial score (nSPS) is 47.5. The van der Waals surface area contributed by atoms with Gasteiger partial charge in [0.2, 0.25) is 0 Å². The maximum Gasteiger partial charge on any atom is 0.302 e. The van der Waals surface area contributed by atoms with Gasteiger partial charge in [-0.15, -0.1) is 0 Å². The van der Waals surface area contributed by atoms with Crippen molar-refractivity contribution in [2.75, 3.05) is 7.11 Å². The number of hydrogen-bond donors (Lipinski definition) is 0. The summed E-state index contributed by atoms with van der Waals surface area (Å²) in [4.78, 5) is 24.6. The van der Waals surface area contributed by atoms with Crippen molar-refractivity contribution in [3.63, 3.8) is 0 Å². The Morgan fingerprint density at radius 2 is 1.90 bits per heavy atom. The van der Waals surface area contributed by atoms with E-state index in [1.165, 1.54) is 18.1 Å². The fourth-order valence-corrected chi connectivity index (χ4v) is 10.5. The van der Waals surface area contributed by atoms with Crippen molar-refractivity contribution in [3.8, 4) is 6.07 Å². The molecule has 11 atom stereocenters. The van der Waals surface area contributed by atoms with Gasteiger partial charge in [-0.05, 0) is 67.3 Å². The quantitative estimate of drug-likeness (QED) is 0.336. The highest BCUT2D eigenvalue weighted by molar-refractivity contribution is 5.66. The van der Waals surface area contributed by atoms with E-state index in [2.05, 4.69) is 56.3 Å². The predicted molar refractivity (Wildman–Crippen MR) is 147 cm³/mol. The molecule has 0 amide bonds. The van der Waals surface area contributed by atoms with E-state index in [1.54, 1.807) is 5.23 Å². The van der Waals surface area contributed by atoms with Crippen molar-refractivity contribution >= 4 is 5.97 Å². The molecule has 4 aliphatic carbocycles. The number of hydroxylamine groups is 2. The van der Waals surface area contributed by atoms with Crippen LogP contribution in [0.1, 0.15) is 83.6 Å². The number of allylic oxidation sites excluding steroid dienone is 1. The van der Waals surface area contributed by atoms with Crippen LogP contribution in [0.15, 0.2) is 42.0 Å². The van der Waals surface area contributed by atoms with E-state index in [4.69, 9.17) is 19.1 Å². The van der Waals surface area contributed by atoms with Crippen molar-refractivity contribution in [2.45, 2.75) is 102 Å². The van der Waals surface area contributed by atoms with E-state index in [0.29, 0.717) is 24.2 Å². The van der Waals surface area contributed by atoms with Gasteiger partial charge in [-0.2, -0.15) is 5.26 Å². The van der Waals surface area contributed by atoms with Gasteiger partial charge < -0.3 is 9.47 Å². The average Bonchev–Trinajstić information content (AvgIpc) is 3.48. The number of carbonyl (C=O) groups is 1. The summed E-state index contributed by atoms with van der Waals surface area (Å²) in [6.07, 6.45) is 9.79. The third kappa shape index (κ3) is 3.59. The first-order valence-electron chi connectivity index (χ1n) is 15.3. The maximum atomic E-state index is 11.7. The van der Waals surface area contributed by atoms with Crippen molar-refractivity contribution < 1.29 is 23.9 Å². The molecule has 0 aromatic heterocycles. The SMILES string of the molecule is CO[C@@]12ON3O[C@@H](C#N)C[C@@H]3[C@@H](c3ccccc3)[C@@H]1C[C@H]1[C@@H]3CC=C4C[C@@H](OC(C)=O)CC[C@]4(C)[C@H]3CC[C@@]12C. The van der Waals surface area contributed by atoms with Gasteiger partial charge in [0.05, 0.1) is 12.1 Å². The van der Waals surface area contributed by atoms with Crippen LogP contribution in [-0.2, 0) is 23.9 Å². The average molecular weight is 547 g/mol. The van der Waals surface area contributed by atoms with Crippen molar-refractivity contribution in [2.24, 2.45) is 34.5 Å². The lowest BCUT2D eigenvalue weighted by Crippen LogP contribution is -2.64. The molecular formula is C33H42N2O5. The van der Waals surface area contributed by atoms with E-state index in [9.17, 15) is 10.1 Å². The number of rotatable bonds is 3. The minimum atomic E-state index is -0.818. The Balaban J connectivity index is 1.26. The first kappa shape index (κ1) is 26.6. The molecular weight excluding hydrogens is 504 g/mol. The molecule has 7 heteroatoms. The molecule has 0 spiro atoms. The number of nitrogens with zero attached hydrogens (tertiary/aromatic N) is 2. The monoisotopic (exact) mass is 546 g/mol. The van der Waals surface area contributed by atoms with E-state index in [-0.39, 0.29) is 40.8 Å². The largest absolute Gasteiger partial charge is 0.462 e. The molecule has 1 aromatic rings. The molecule has 7 nitrogen and oxygen atoms in total.